The van der Waals surface area contributed by atoms with Gasteiger partial charge in [-0.2, -0.15) is 0 Å². The van der Waals surface area contributed by atoms with Crippen molar-refractivity contribution in [2.75, 3.05) is 7.11 Å². The summed E-state index contributed by atoms with van der Waals surface area (Å²) in [6.45, 7) is 0. The lowest BCUT2D eigenvalue weighted by atomic mass is 9.89. The van der Waals surface area contributed by atoms with Crippen LogP contribution < -0.4 is 16.0 Å². The number of fused-ring (bicyclic) bond motifs is 1. The summed E-state index contributed by atoms with van der Waals surface area (Å²) >= 11 is 0. The smallest absolute Gasteiger partial charge is 0.119 e. The zero-order valence-electron chi connectivity index (χ0n) is 10.2. The Balaban J connectivity index is 1.78. The van der Waals surface area contributed by atoms with Gasteiger partial charge in [-0.3, -0.25) is 11.3 Å². The van der Waals surface area contributed by atoms with Crippen molar-refractivity contribution in [2.24, 2.45) is 23.6 Å². The largest absolute Gasteiger partial charge is 0.497 e. The number of hydrogen-bond acceptors (Lipinski definition) is 3. The maximum Gasteiger partial charge on any atom is 0.119 e. The van der Waals surface area contributed by atoms with Crippen LogP contribution in [0.2, 0.25) is 0 Å². The van der Waals surface area contributed by atoms with Crippen molar-refractivity contribution in [3.05, 3.63) is 29.8 Å². The number of hydrogen-bond donors (Lipinski definition) is 2. The van der Waals surface area contributed by atoms with Crippen molar-refractivity contribution in [1.29, 1.82) is 0 Å². The quantitative estimate of drug-likeness (QED) is 0.618. The van der Waals surface area contributed by atoms with Crippen LogP contribution in [0.15, 0.2) is 24.3 Å². The predicted molar refractivity (Wildman–Crippen MR) is 67.4 cm³/mol. The second kappa shape index (κ2) is 4.31. The summed E-state index contributed by atoms with van der Waals surface area (Å²) in [7, 11) is 1.70. The van der Waals surface area contributed by atoms with Gasteiger partial charge >= 0.3 is 0 Å². The highest BCUT2D eigenvalue weighted by atomic mass is 16.5. The van der Waals surface area contributed by atoms with Crippen molar-refractivity contribution in [3.63, 3.8) is 0 Å². The number of rotatable bonds is 4. The van der Waals surface area contributed by atoms with E-state index in [2.05, 4.69) is 17.6 Å². The van der Waals surface area contributed by atoms with E-state index in [9.17, 15) is 0 Å². The third kappa shape index (κ3) is 2.05. The first kappa shape index (κ1) is 11.1. The fourth-order valence-corrected chi connectivity index (χ4v) is 3.37. The standard InChI is InChI=1S/C14H20N2O/c1-17-13-4-2-3-9(8-13)14(16-15)12-6-10-5-11(10)7-12/h2-4,8,10-12,14,16H,5-7,15H2,1H3. The van der Waals surface area contributed by atoms with Gasteiger partial charge in [0.25, 0.3) is 0 Å². The molecular formula is C14H20N2O. The first-order chi connectivity index (χ1) is 8.31. The van der Waals surface area contributed by atoms with E-state index >= 15 is 0 Å². The number of nitrogens with two attached hydrogens (primary N) is 1. The van der Waals surface area contributed by atoms with E-state index in [4.69, 9.17) is 10.6 Å². The molecule has 2 saturated carbocycles. The SMILES string of the molecule is COc1cccc(C(NN)C2CC3CC3C2)c1. The molecule has 2 fully saturated rings. The highest BCUT2D eigenvalue weighted by Crippen LogP contribution is 2.57. The van der Waals surface area contributed by atoms with Crippen LogP contribution in [0.4, 0.5) is 0 Å². The second-order valence-electron chi connectivity index (χ2n) is 5.41. The summed E-state index contributed by atoms with van der Waals surface area (Å²) in [5, 5.41) is 0. The number of nitrogens with one attached hydrogen (secondary N) is 1. The van der Waals surface area contributed by atoms with E-state index in [0.29, 0.717) is 5.92 Å². The Morgan fingerprint density at radius 3 is 2.71 bits per heavy atom. The Bertz CT molecular complexity index is 397. The summed E-state index contributed by atoms with van der Waals surface area (Å²) < 4.78 is 5.27. The van der Waals surface area contributed by atoms with Crippen LogP contribution in [-0.2, 0) is 0 Å². The number of methoxy groups -OCH3 is 1. The lowest BCUT2D eigenvalue weighted by Crippen LogP contribution is -2.33. The fraction of sp³-hybridized carbons (Fsp3) is 0.571. The summed E-state index contributed by atoms with van der Waals surface area (Å²) in [6, 6.07) is 8.51. The monoisotopic (exact) mass is 232 g/mol. The van der Waals surface area contributed by atoms with Gasteiger partial charge in [0.1, 0.15) is 5.75 Å². The molecule has 92 valence electrons. The summed E-state index contributed by atoms with van der Waals surface area (Å²) in [6.07, 6.45) is 4.11. The molecule has 3 unspecified atom stereocenters. The van der Waals surface area contributed by atoms with Crippen LogP contribution in [0.1, 0.15) is 30.9 Å². The van der Waals surface area contributed by atoms with Crippen LogP contribution in [0.25, 0.3) is 0 Å². The maximum absolute atomic E-state index is 5.75. The van der Waals surface area contributed by atoms with Crippen molar-refractivity contribution in [3.8, 4) is 5.75 Å². The van der Waals surface area contributed by atoms with Gasteiger partial charge in [-0.25, -0.2) is 0 Å². The minimum absolute atomic E-state index is 0.276. The molecule has 0 spiro atoms. The fourth-order valence-electron chi connectivity index (χ4n) is 3.37. The van der Waals surface area contributed by atoms with E-state index < -0.39 is 0 Å². The van der Waals surface area contributed by atoms with E-state index in [1.54, 1.807) is 7.11 Å². The second-order valence-corrected chi connectivity index (χ2v) is 5.41. The van der Waals surface area contributed by atoms with Crippen molar-refractivity contribution in [2.45, 2.75) is 25.3 Å². The zero-order valence-corrected chi connectivity index (χ0v) is 10.2. The molecule has 3 atom stereocenters. The Kier molecular flexibility index (Phi) is 2.81. The number of ether oxygens (including phenoxy) is 1. The minimum atomic E-state index is 0.276. The van der Waals surface area contributed by atoms with Gasteiger partial charge in [0.05, 0.1) is 7.11 Å². The summed E-state index contributed by atoms with van der Waals surface area (Å²) in [5.41, 5.74) is 4.25. The molecule has 17 heavy (non-hydrogen) atoms. The molecule has 3 N–H and O–H groups in total. The van der Waals surface area contributed by atoms with Crippen LogP contribution in [0.3, 0.4) is 0 Å². The first-order valence-corrected chi connectivity index (χ1v) is 6.42. The predicted octanol–water partition coefficient (Wildman–Crippen LogP) is 2.25. The maximum atomic E-state index is 5.75. The van der Waals surface area contributed by atoms with E-state index in [-0.39, 0.29) is 6.04 Å². The van der Waals surface area contributed by atoms with Crippen molar-refractivity contribution >= 4 is 0 Å². The average Bonchev–Trinajstić information content (AvgIpc) is 2.98. The summed E-state index contributed by atoms with van der Waals surface area (Å²) in [5.74, 6) is 9.32. The molecule has 0 aromatic heterocycles. The Labute approximate surface area is 102 Å². The Morgan fingerprint density at radius 2 is 2.06 bits per heavy atom. The van der Waals surface area contributed by atoms with E-state index in [0.717, 1.165) is 17.6 Å². The molecule has 0 aliphatic heterocycles. The molecule has 1 aromatic rings. The van der Waals surface area contributed by atoms with Gasteiger partial charge in [0, 0.05) is 6.04 Å². The third-order valence-corrected chi connectivity index (χ3v) is 4.38. The van der Waals surface area contributed by atoms with Gasteiger partial charge in [0.2, 0.25) is 0 Å². The van der Waals surface area contributed by atoms with Gasteiger partial charge in [-0.05, 0) is 54.7 Å². The molecule has 0 bridgehead atoms. The lowest BCUT2D eigenvalue weighted by Gasteiger charge is -2.24. The molecule has 0 heterocycles. The van der Waals surface area contributed by atoms with Crippen molar-refractivity contribution < 1.29 is 4.74 Å². The lowest BCUT2D eigenvalue weighted by molar-refractivity contribution is 0.343. The van der Waals surface area contributed by atoms with E-state index in [1.807, 2.05) is 12.1 Å². The Hall–Kier alpha value is -1.06. The van der Waals surface area contributed by atoms with Crippen LogP contribution >= 0.6 is 0 Å². The zero-order chi connectivity index (χ0) is 11.8. The molecule has 0 radical (unpaired) electrons. The minimum Gasteiger partial charge on any atom is -0.497 e. The molecular weight excluding hydrogens is 212 g/mol. The highest BCUT2D eigenvalue weighted by Gasteiger charge is 2.47. The summed E-state index contributed by atoms with van der Waals surface area (Å²) in [4.78, 5) is 0. The first-order valence-electron chi connectivity index (χ1n) is 6.42. The van der Waals surface area contributed by atoms with E-state index in [1.165, 1.54) is 24.8 Å². The molecule has 3 rings (SSSR count). The van der Waals surface area contributed by atoms with Crippen molar-refractivity contribution in [1.82, 2.24) is 5.43 Å². The van der Waals surface area contributed by atoms with Gasteiger partial charge < -0.3 is 4.74 Å². The topological polar surface area (TPSA) is 47.3 Å². The van der Waals surface area contributed by atoms with Gasteiger partial charge in [0.15, 0.2) is 0 Å². The van der Waals surface area contributed by atoms with Gasteiger partial charge in [-0.1, -0.05) is 12.1 Å². The highest BCUT2D eigenvalue weighted by molar-refractivity contribution is 5.31. The molecule has 3 nitrogen and oxygen atoms in total. The molecule has 1 aromatic carbocycles. The van der Waals surface area contributed by atoms with Crippen LogP contribution in [0.5, 0.6) is 5.75 Å². The average molecular weight is 232 g/mol. The molecule has 0 saturated heterocycles. The normalized spacial score (nSPS) is 32.0. The molecule has 2 aliphatic rings. The number of hydrazine groups is 1. The number of benzene rings is 1. The van der Waals surface area contributed by atoms with Crippen LogP contribution in [0, 0.1) is 17.8 Å². The van der Waals surface area contributed by atoms with Crippen LogP contribution in [-0.4, -0.2) is 7.11 Å². The molecule has 2 aliphatic carbocycles. The molecule has 0 amide bonds. The van der Waals surface area contributed by atoms with Gasteiger partial charge in [-0.15, -0.1) is 0 Å². The third-order valence-electron chi connectivity index (χ3n) is 4.38. The Morgan fingerprint density at radius 1 is 1.29 bits per heavy atom. The molecule has 3 heteroatoms.